The Morgan fingerprint density at radius 2 is 2.56 bits per heavy atom. The first-order valence-corrected chi connectivity index (χ1v) is 6.98. The first-order valence-electron chi connectivity index (χ1n) is 4.95. The van der Waals surface area contributed by atoms with Crippen LogP contribution in [0.5, 0.6) is 0 Å². The number of thiazole rings is 1. The minimum atomic E-state index is -1.05. The second-order valence-corrected chi connectivity index (χ2v) is 5.61. The number of hydrogen-bond donors (Lipinski definition) is 3. The normalized spacial score (nSPS) is 21.9. The van der Waals surface area contributed by atoms with Gasteiger partial charge in [-0.2, -0.15) is 11.8 Å². The molecule has 2 heterocycles. The summed E-state index contributed by atoms with van der Waals surface area (Å²) in [4.78, 5) is 14.9. The molecule has 1 aromatic rings. The SMILES string of the molecule is NC(C(=O)O)c1csc(NC2CCSC2)n1. The van der Waals surface area contributed by atoms with Crippen molar-refractivity contribution in [3.8, 4) is 0 Å². The largest absolute Gasteiger partial charge is 0.480 e. The number of anilines is 1. The Bertz CT molecular complexity index is 377. The molecule has 1 aliphatic rings. The number of nitrogens with one attached hydrogen (secondary N) is 1. The highest BCUT2D eigenvalue weighted by Crippen LogP contribution is 2.24. The predicted octanol–water partition coefficient (Wildman–Crippen LogP) is 1.14. The summed E-state index contributed by atoms with van der Waals surface area (Å²) in [6.07, 6.45) is 1.13. The van der Waals surface area contributed by atoms with E-state index in [-0.39, 0.29) is 0 Å². The Morgan fingerprint density at radius 3 is 3.19 bits per heavy atom. The summed E-state index contributed by atoms with van der Waals surface area (Å²) in [5.41, 5.74) is 5.89. The molecule has 1 aliphatic heterocycles. The zero-order chi connectivity index (χ0) is 11.5. The molecule has 0 amide bonds. The van der Waals surface area contributed by atoms with Crippen molar-refractivity contribution < 1.29 is 9.90 Å². The van der Waals surface area contributed by atoms with Crippen molar-refractivity contribution in [2.45, 2.75) is 18.5 Å². The van der Waals surface area contributed by atoms with Crippen molar-refractivity contribution in [2.75, 3.05) is 16.8 Å². The smallest absolute Gasteiger partial charge is 0.326 e. The molecular weight excluding hydrogens is 246 g/mol. The first kappa shape index (κ1) is 11.7. The van der Waals surface area contributed by atoms with E-state index in [0.29, 0.717) is 11.7 Å². The summed E-state index contributed by atoms with van der Waals surface area (Å²) in [6.45, 7) is 0. The summed E-state index contributed by atoms with van der Waals surface area (Å²) in [7, 11) is 0. The van der Waals surface area contributed by atoms with Crippen LogP contribution in [-0.2, 0) is 4.79 Å². The fourth-order valence-electron chi connectivity index (χ4n) is 1.44. The highest BCUT2D eigenvalue weighted by atomic mass is 32.2. The second-order valence-electron chi connectivity index (χ2n) is 3.60. The van der Waals surface area contributed by atoms with Gasteiger partial charge in [-0.3, -0.25) is 4.79 Å². The van der Waals surface area contributed by atoms with Crippen LogP contribution in [0.1, 0.15) is 18.2 Å². The van der Waals surface area contributed by atoms with Gasteiger partial charge in [-0.05, 0) is 12.2 Å². The van der Waals surface area contributed by atoms with Gasteiger partial charge in [-0.1, -0.05) is 0 Å². The molecule has 2 atom stereocenters. The molecule has 7 heteroatoms. The molecule has 2 rings (SSSR count). The second kappa shape index (κ2) is 5.03. The highest BCUT2D eigenvalue weighted by molar-refractivity contribution is 7.99. The lowest BCUT2D eigenvalue weighted by Gasteiger charge is -2.08. The molecule has 5 nitrogen and oxygen atoms in total. The standard InChI is InChI=1S/C9H13N3O2S2/c10-7(8(13)14)6-4-16-9(12-6)11-5-1-2-15-3-5/h4-5,7H,1-3,10H2,(H,11,12)(H,13,14). The molecule has 0 saturated carbocycles. The van der Waals surface area contributed by atoms with Crippen LogP contribution < -0.4 is 11.1 Å². The Kier molecular flexibility index (Phi) is 3.67. The molecule has 1 aromatic heterocycles. The third kappa shape index (κ3) is 2.66. The molecule has 0 radical (unpaired) electrons. The van der Waals surface area contributed by atoms with Gasteiger partial charge in [0.05, 0.1) is 5.69 Å². The van der Waals surface area contributed by atoms with Gasteiger partial charge in [0.2, 0.25) is 0 Å². The average molecular weight is 259 g/mol. The van der Waals surface area contributed by atoms with Crippen molar-refractivity contribution >= 4 is 34.2 Å². The van der Waals surface area contributed by atoms with Crippen molar-refractivity contribution in [1.29, 1.82) is 0 Å². The number of hydrogen-bond acceptors (Lipinski definition) is 6. The number of carbonyl (C=O) groups is 1. The van der Waals surface area contributed by atoms with Gasteiger partial charge in [-0.15, -0.1) is 11.3 Å². The lowest BCUT2D eigenvalue weighted by Crippen LogP contribution is -2.21. The maximum Gasteiger partial charge on any atom is 0.326 e. The minimum absolute atomic E-state index is 0.422. The Hall–Kier alpha value is -0.790. The zero-order valence-corrected chi connectivity index (χ0v) is 10.2. The van der Waals surface area contributed by atoms with Crippen LogP contribution in [0.15, 0.2) is 5.38 Å². The monoisotopic (exact) mass is 259 g/mol. The number of aliphatic carboxylic acids is 1. The van der Waals surface area contributed by atoms with Gasteiger partial charge in [0, 0.05) is 17.2 Å². The number of carboxylic acid groups (broad SMARTS) is 1. The summed E-state index contributed by atoms with van der Waals surface area (Å²) in [6, 6.07) is -0.574. The fraction of sp³-hybridized carbons (Fsp3) is 0.556. The lowest BCUT2D eigenvalue weighted by molar-refractivity contribution is -0.138. The van der Waals surface area contributed by atoms with E-state index in [0.717, 1.165) is 17.3 Å². The van der Waals surface area contributed by atoms with Crippen molar-refractivity contribution in [1.82, 2.24) is 4.98 Å². The number of thioether (sulfide) groups is 1. The van der Waals surface area contributed by atoms with Crippen molar-refractivity contribution in [3.05, 3.63) is 11.1 Å². The lowest BCUT2D eigenvalue weighted by atomic mass is 10.2. The molecule has 88 valence electrons. The molecule has 1 fully saturated rings. The van der Waals surface area contributed by atoms with Crippen LogP contribution in [0, 0.1) is 0 Å². The van der Waals surface area contributed by atoms with E-state index in [9.17, 15) is 4.79 Å². The summed E-state index contributed by atoms with van der Waals surface area (Å²) < 4.78 is 0. The number of nitrogens with zero attached hydrogens (tertiary/aromatic N) is 1. The van der Waals surface area contributed by atoms with Crippen LogP contribution in [0.3, 0.4) is 0 Å². The molecule has 4 N–H and O–H groups in total. The number of nitrogens with two attached hydrogens (primary N) is 1. The average Bonchev–Trinajstić information content (AvgIpc) is 2.88. The molecule has 16 heavy (non-hydrogen) atoms. The first-order chi connectivity index (χ1) is 7.66. The topological polar surface area (TPSA) is 88.2 Å². The van der Waals surface area contributed by atoms with Gasteiger partial charge >= 0.3 is 5.97 Å². The molecule has 1 saturated heterocycles. The molecule has 0 spiro atoms. The van der Waals surface area contributed by atoms with Crippen LogP contribution in [-0.4, -0.2) is 33.6 Å². The number of rotatable bonds is 4. The summed E-state index contributed by atoms with van der Waals surface area (Å²) >= 11 is 3.32. The molecule has 0 aromatic carbocycles. The van der Waals surface area contributed by atoms with Gasteiger partial charge in [0.25, 0.3) is 0 Å². The Balaban J connectivity index is 1.98. The van der Waals surface area contributed by atoms with Crippen LogP contribution in [0.25, 0.3) is 0 Å². The van der Waals surface area contributed by atoms with Crippen LogP contribution in [0.2, 0.25) is 0 Å². The van der Waals surface area contributed by atoms with E-state index < -0.39 is 12.0 Å². The Labute approximate surface area is 101 Å². The van der Waals surface area contributed by atoms with E-state index in [1.54, 1.807) is 5.38 Å². The third-order valence-corrected chi connectivity index (χ3v) is 4.32. The third-order valence-electron chi connectivity index (χ3n) is 2.36. The van der Waals surface area contributed by atoms with Gasteiger partial charge in [-0.25, -0.2) is 4.98 Å². The molecule has 2 unspecified atom stereocenters. The van der Waals surface area contributed by atoms with E-state index in [2.05, 4.69) is 10.3 Å². The van der Waals surface area contributed by atoms with Crippen molar-refractivity contribution in [3.63, 3.8) is 0 Å². The van der Waals surface area contributed by atoms with Gasteiger partial charge in [0.15, 0.2) is 5.13 Å². The van der Waals surface area contributed by atoms with Crippen LogP contribution in [0.4, 0.5) is 5.13 Å². The van der Waals surface area contributed by atoms with E-state index >= 15 is 0 Å². The van der Waals surface area contributed by atoms with Crippen LogP contribution >= 0.6 is 23.1 Å². The minimum Gasteiger partial charge on any atom is -0.480 e. The molecule has 0 aliphatic carbocycles. The Morgan fingerprint density at radius 1 is 1.75 bits per heavy atom. The van der Waals surface area contributed by atoms with Crippen molar-refractivity contribution in [2.24, 2.45) is 5.73 Å². The quantitative estimate of drug-likeness (QED) is 0.751. The van der Waals surface area contributed by atoms with Gasteiger partial charge < -0.3 is 16.2 Å². The van der Waals surface area contributed by atoms with Gasteiger partial charge in [0.1, 0.15) is 6.04 Å². The van der Waals surface area contributed by atoms with E-state index in [1.807, 2.05) is 11.8 Å². The predicted molar refractivity (Wildman–Crippen MR) is 66.0 cm³/mol. The number of carboxylic acids is 1. The maximum absolute atomic E-state index is 10.7. The number of aromatic nitrogens is 1. The highest BCUT2D eigenvalue weighted by Gasteiger charge is 2.20. The summed E-state index contributed by atoms with van der Waals surface area (Å²) in [5.74, 6) is 1.21. The van der Waals surface area contributed by atoms with E-state index in [1.165, 1.54) is 17.1 Å². The molecule has 0 bridgehead atoms. The molecular formula is C9H13N3O2S2. The van der Waals surface area contributed by atoms with E-state index in [4.69, 9.17) is 10.8 Å². The zero-order valence-electron chi connectivity index (χ0n) is 8.55. The fourth-order valence-corrected chi connectivity index (χ4v) is 3.42. The summed E-state index contributed by atoms with van der Waals surface area (Å²) in [5, 5.41) is 14.5. The maximum atomic E-state index is 10.7.